The van der Waals surface area contributed by atoms with Gasteiger partial charge in [-0.15, -0.1) is 11.3 Å². The molecule has 0 saturated heterocycles. The molecule has 0 radical (unpaired) electrons. The van der Waals surface area contributed by atoms with Gasteiger partial charge < -0.3 is 4.74 Å². The fraction of sp³-hybridized carbons (Fsp3) is 0.143. The van der Waals surface area contributed by atoms with E-state index in [0.29, 0.717) is 17.0 Å². The lowest BCUT2D eigenvalue weighted by molar-refractivity contribution is -0.123. The van der Waals surface area contributed by atoms with E-state index in [9.17, 15) is 9.59 Å². The number of para-hydroxylation sites is 1. The SMILES string of the molecule is Cc1ccsc1C(=O)NNC(=O)COc1ccccc1Cc1ccccc1. The Kier molecular flexibility index (Phi) is 6.22. The maximum absolute atomic E-state index is 12.0. The second-order valence-corrected chi connectivity index (χ2v) is 6.91. The quantitative estimate of drug-likeness (QED) is 0.644. The van der Waals surface area contributed by atoms with E-state index in [0.717, 1.165) is 16.7 Å². The normalized spacial score (nSPS) is 10.3. The Morgan fingerprint density at radius 1 is 0.963 bits per heavy atom. The van der Waals surface area contributed by atoms with E-state index < -0.39 is 5.91 Å². The molecule has 2 N–H and O–H groups in total. The highest BCUT2D eigenvalue weighted by Crippen LogP contribution is 2.21. The van der Waals surface area contributed by atoms with Crippen molar-refractivity contribution in [3.63, 3.8) is 0 Å². The van der Waals surface area contributed by atoms with Gasteiger partial charge in [0.1, 0.15) is 5.75 Å². The van der Waals surface area contributed by atoms with Crippen molar-refractivity contribution in [2.24, 2.45) is 0 Å². The van der Waals surface area contributed by atoms with Gasteiger partial charge in [0.25, 0.3) is 11.8 Å². The average molecular weight is 380 g/mol. The molecule has 0 fully saturated rings. The molecule has 5 nitrogen and oxygen atoms in total. The molecule has 138 valence electrons. The van der Waals surface area contributed by atoms with Gasteiger partial charge in [-0.25, -0.2) is 0 Å². The Morgan fingerprint density at radius 2 is 1.70 bits per heavy atom. The van der Waals surface area contributed by atoms with Crippen LogP contribution in [0, 0.1) is 6.92 Å². The number of rotatable bonds is 6. The standard InChI is InChI=1S/C21H20N2O3S/c1-15-11-12-27-20(15)21(25)23-22-19(24)14-26-18-10-6-5-9-17(18)13-16-7-3-2-4-8-16/h2-12H,13-14H2,1H3,(H,22,24)(H,23,25). The summed E-state index contributed by atoms with van der Waals surface area (Å²) in [5.41, 5.74) is 7.82. The topological polar surface area (TPSA) is 67.4 Å². The Bertz CT molecular complexity index is 922. The van der Waals surface area contributed by atoms with Gasteiger partial charge in [0.15, 0.2) is 6.61 Å². The molecule has 1 aromatic heterocycles. The summed E-state index contributed by atoms with van der Waals surface area (Å²) in [4.78, 5) is 24.6. The summed E-state index contributed by atoms with van der Waals surface area (Å²) in [7, 11) is 0. The van der Waals surface area contributed by atoms with Crippen molar-refractivity contribution in [1.29, 1.82) is 0 Å². The number of benzene rings is 2. The highest BCUT2D eigenvalue weighted by molar-refractivity contribution is 7.12. The second-order valence-electron chi connectivity index (χ2n) is 5.99. The molecule has 2 aromatic carbocycles. The van der Waals surface area contributed by atoms with Gasteiger partial charge in [0.05, 0.1) is 4.88 Å². The Balaban J connectivity index is 1.53. The van der Waals surface area contributed by atoms with E-state index >= 15 is 0 Å². The van der Waals surface area contributed by atoms with Crippen molar-refractivity contribution >= 4 is 23.2 Å². The molecule has 2 amide bonds. The molecule has 3 aromatic rings. The average Bonchev–Trinajstić information content (AvgIpc) is 3.12. The highest BCUT2D eigenvalue weighted by Gasteiger charge is 2.12. The first-order valence-electron chi connectivity index (χ1n) is 8.51. The Labute approximate surface area is 162 Å². The summed E-state index contributed by atoms with van der Waals surface area (Å²) >= 11 is 1.33. The molecule has 0 spiro atoms. The van der Waals surface area contributed by atoms with E-state index in [4.69, 9.17) is 4.74 Å². The van der Waals surface area contributed by atoms with Crippen LogP contribution in [0.3, 0.4) is 0 Å². The van der Waals surface area contributed by atoms with Gasteiger partial charge in [-0.3, -0.25) is 20.4 Å². The maximum Gasteiger partial charge on any atom is 0.280 e. The fourth-order valence-corrected chi connectivity index (χ4v) is 3.39. The molecule has 27 heavy (non-hydrogen) atoms. The summed E-state index contributed by atoms with van der Waals surface area (Å²) in [5.74, 6) is -0.107. The summed E-state index contributed by atoms with van der Waals surface area (Å²) in [6.45, 7) is 1.66. The second kappa shape index (κ2) is 9.00. The molecule has 0 aliphatic rings. The highest BCUT2D eigenvalue weighted by atomic mass is 32.1. The zero-order chi connectivity index (χ0) is 19.1. The monoisotopic (exact) mass is 380 g/mol. The van der Waals surface area contributed by atoms with Crippen LogP contribution in [-0.4, -0.2) is 18.4 Å². The zero-order valence-corrected chi connectivity index (χ0v) is 15.7. The molecule has 0 saturated carbocycles. The third-order valence-electron chi connectivity index (χ3n) is 3.95. The Hall–Kier alpha value is -3.12. The molecule has 0 aliphatic carbocycles. The summed E-state index contributed by atoms with van der Waals surface area (Å²) in [6, 6.07) is 19.5. The third kappa shape index (κ3) is 5.18. The van der Waals surface area contributed by atoms with Gasteiger partial charge in [-0.1, -0.05) is 48.5 Å². The number of hydrogen-bond acceptors (Lipinski definition) is 4. The molecule has 0 aliphatic heterocycles. The summed E-state index contributed by atoms with van der Waals surface area (Å²) in [5, 5.41) is 1.83. The number of aryl methyl sites for hydroxylation is 1. The molecule has 6 heteroatoms. The first kappa shape index (κ1) is 18.7. The van der Waals surface area contributed by atoms with Crippen molar-refractivity contribution in [3.05, 3.63) is 87.6 Å². The number of hydrogen-bond donors (Lipinski definition) is 2. The van der Waals surface area contributed by atoms with Crippen molar-refractivity contribution in [2.75, 3.05) is 6.61 Å². The number of nitrogens with one attached hydrogen (secondary N) is 2. The minimum atomic E-state index is -0.424. The van der Waals surface area contributed by atoms with Crippen LogP contribution < -0.4 is 15.6 Å². The molecule has 0 unspecified atom stereocenters. The third-order valence-corrected chi connectivity index (χ3v) is 4.97. The fourth-order valence-electron chi connectivity index (χ4n) is 2.57. The number of thiophene rings is 1. The van der Waals surface area contributed by atoms with Crippen LogP contribution in [0.2, 0.25) is 0 Å². The first-order chi connectivity index (χ1) is 13.1. The van der Waals surface area contributed by atoms with Crippen LogP contribution in [0.25, 0.3) is 0 Å². The van der Waals surface area contributed by atoms with Gasteiger partial charge in [-0.05, 0) is 41.1 Å². The van der Waals surface area contributed by atoms with E-state index in [2.05, 4.69) is 10.9 Å². The number of carbonyl (C=O) groups excluding carboxylic acids is 2. The molecule has 0 bridgehead atoms. The van der Waals surface area contributed by atoms with E-state index in [1.165, 1.54) is 11.3 Å². The maximum atomic E-state index is 12.0. The van der Waals surface area contributed by atoms with Crippen molar-refractivity contribution < 1.29 is 14.3 Å². The van der Waals surface area contributed by atoms with E-state index in [1.54, 1.807) is 0 Å². The number of hydrazine groups is 1. The molecular weight excluding hydrogens is 360 g/mol. The lowest BCUT2D eigenvalue weighted by Crippen LogP contribution is -2.43. The Morgan fingerprint density at radius 3 is 2.44 bits per heavy atom. The smallest absolute Gasteiger partial charge is 0.280 e. The number of carbonyl (C=O) groups is 2. The lowest BCUT2D eigenvalue weighted by atomic mass is 10.0. The zero-order valence-electron chi connectivity index (χ0n) is 14.9. The van der Waals surface area contributed by atoms with Crippen LogP contribution in [0.5, 0.6) is 5.75 Å². The van der Waals surface area contributed by atoms with Crippen LogP contribution >= 0.6 is 11.3 Å². The summed E-state index contributed by atoms with van der Waals surface area (Å²) < 4.78 is 5.66. The molecule has 1 heterocycles. The van der Waals surface area contributed by atoms with Crippen LogP contribution in [-0.2, 0) is 11.2 Å². The van der Waals surface area contributed by atoms with E-state index in [-0.39, 0.29) is 12.5 Å². The largest absolute Gasteiger partial charge is 0.483 e. The van der Waals surface area contributed by atoms with Crippen molar-refractivity contribution in [1.82, 2.24) is 10.9 Å². The van der Waals surface area contributed by atoms with Gasteiger partial charge in [0, 0.05) is 6.42 Å². The van der Waals surface area contributed by atoms with Gasteiger partial charge in [0.2, 0.25) is 0 Å². The predicted molar refractivity (Wildman–Crippen MR) is 106 cm³/mol. The van der Waals surface area contributed by atoms with E-state index in [1.807, 2.05) is 73.0 Å². The molecule has 3 rings (SSSR count). The first-order valence-corrected chi connectivity index (χ1v) is 9.39. The van der Waals surface area contributed by atoms with Crippen LogP contribution in [0.15, 0.2) is 66.0 Å². The number of amides is 2. The van der Waals surface area contributed by atoms with Crippen molar-refractivity contribution in [2.45, 2.75) is 13.3 Å². The van der Waals surface area contributed by atoms with Gasteiger partial charge in [-0.2, -0.15) is 0 Å². The number of ether oxygens (including phenoxy) is 1. The minimum Gasteiger partial charge on any atom is -0.483 e. The van der Waals surface area contributed by atoms with Gasteiger partial charge >= 0.3 is 0 Å². The lowest BCUT2D eigenvalue weighted by Gasteiger charge is -2.12. The molecular formula is C21H20N2O3S. The van der Waals surface area contributed by atoms with Crippen LogP contribution in [0.4, 0.5) is 0 Å². The van der Waals surface area contributed by atoms with Crippen LogP contribution in [0.1, 0.15) is 26.4 Å². The predicted octanol–water partition coefficient (Wildman–Crippen LogP) is 3.49. The van der Waals surface area contributed by atoms with Crippen molar-refractivity contribution in [3.8, 4) is 5.75 Å². The minimum absolute atomic E-state index is 0.185. The summed E-state index contributed by atoms with van der Waals surface area (Å²) in [6.07, 6.45) is 0.715. The molecule has 0 atom stereocenters.